The highest BCUT2D eigenvalue weighted by molar-refractivity contribution is 5.65. The van der Waals surface area contributed by atoms with Crippen molar-refractivity contribution < 1.29 is 15.0 Å². The van der Waals surface area contributed by atoms with Crippen LogP contribution < -0.4 is 4.90 Å². The summed E-state index contributed by atoms with van der Waals surface area (Å²) < 4.78 is 0. The lowest BCUT2D eigenvalue weighted by Gasteiger charge is -2.40. The third-order valence-corrected chi connectivity index (χ3v) is 3.08. The summed E-state index contributed by atoms with van der Waals surface area (Å²) in [5.74, 6) is 0.241. The molecule has 0 aliphatic carbocycles. The molecule has 1 aliphatic rings. The van der Waals surface area contributed by atoms with Gasteiger partial charge < -0.3 is 20.0 Å². The third kappa shape index (κ3) is 2.43. The number of nitrogens with zero attached hydrogens (tertiary/aromatic N) is 2. The predicted octanol–water partition coefficient (Wildman–Crippen LogP) is 1.58. The van der Waals surface area contributed by atoms with Crippen LogP contribution in [0.1, 0.15) is 6.92 Å². The number of carbonyl (C=O) groups is 1. The van der Waals surface area contributed by atoms with Gasteiger partial charge in [-0.25, -0.2) is 4.79 Å². The fourth-order valence-electron chi connectivity index (χ4n) is 2.16. The van der Waals surface area contributed by atoms with Crippen LogP contribution in [0.3, 0.4) is 0 Å². The van der Waals surface area contributed by atoms with Gasteiger partial charge in [-0.15, -0.1) is 0 Å². The van der Waals surface area contributed by atoms with E-state index in [1.54, 1.807) is 12.1 Å². The van der Waals surface area contributed by atoms with E-state index in [-0.39, 0.29) is 11.8 Å². The van der Waals surface area contributed by atoms with Gasteiger partial charge >= 0.3 is 6.09 Å². The van der Waals surface area contributed by atoms with E-state index in [2.05, 4.69) is 4.90 Å². The van der Waals surface area contributed by atoms with Crippen molar-refractivity contribution in [3.05, 3.63) is 24.3 Å². The third-order valence-electron chi connectivity index (χ3n) is 3.08. The molecule has 0 unspecified atom stereocenters. The maximum Gasteiger partial charge on any atom is 0.407 e. The fourth-order valence-corrected chi connectivity index (χ4v) is 2.16. The average molecular weight is 236 g/mol. The topological polar surface area (TPSA) is 64.0 Å². The minimum atomic E-state index is -0.859. The molecule has 1 aromatic carbocycles. The first-order valence-electron chi connectivity index (χ1n) is 5.61. The maximum absolute atomic E-state index is 10.9. The van der Waals surface area contributed by atoms with Gasteiger partial charge in [0, 0.05) is 31.4 Å². The molecule has 92 valence electrons. The molecule has 1 aromatic rings. The van der Waals surface area contributed by atoms with Crippen molar-refractivity contribution in [3.63, 3.8) is 0 Å². The summed E-state index contributed by atoms with van der Waals surface area (Å²) in [5, 5.41) is 18.2. The predicted molar refractivity (Wildman–Crippen MR) is 64.5 cm³/mol. The van der Waals surface area contributed by atoms with Gasteiger partial charge in [-0.2, -0.15) is 0 Å². The van der Waals surface area contributed by atoms with E-state index in [1.807, 2.05) is 19.1 Å². The Hall–Kier alpha value is -1.91. The number of anilines is 1. The van der Waals surface area contributed by atoms with E-state index >= 15 is 0 Å². The number of carboxylic acid groups (broad SMARTS) is 1. The van der Waals surface area contributed by atoms with Gasteiger partial charge in [0.15, 0.2) is 0 Å². The first-order valence-corrected chi connectivity index (χ1v) is 5.61. The van der Waals surface area contributed by atoms with Gasteiger partial charge in [-0.05, 0) is 31.2 Å². The molecule has 5 nitrogen and oxygen atoms in total. The fraction of sp³-hybridized carbons (Fsp3) is 0.417. The van der Waals surface area contributed by atoms with Crippen LogP contribution in [-0.4, -0.2) is 46.9 Å². The number of hydrogen-bond acceptors (Lipinski definition) is 3. The Morgan fingerprint density at radius 3 is 2.47 bits per heavy atom. The second-order valence-corrected chi connectivity index (χ2v) is 4.29. The van der Waals surface area contributed by atoms with Crippen molar-refractivity contribution in [3.8, 4) is 5.75 Å². The molecular formula is C12H16N2O3. The molecule has 0 bridgehead atoms. The SMILES string of the molecule is C[C@H]1CN(C(=O)O)CCN1c1ccc(O)cc1. The molecule has 2 rings (SSSR count). The smallest absolute Gasteiger partial charge is 0.407 e. The van der Waals surface area contributed by atoms with Crippen LogP contribution in [0, 0.1) is 0 Å². The van der Waals surface area contributed by atoms with Crippen molar-refractivity contribution in [2.45, 2.75) is 13.0 Å². The normalized spacial score (nSPS) is 20.4. The standard InChI is InChI=1S/C12H16N2O3/c1-9-8-13(12(16)17)6-7-14(9)10-2-4-11(15)5-3-10/h2-5,9,15H,6-8H2,1H3,(H,16,17)/t9-/m0/s1. The maximum atomic E-state index is 10.9. The number of phenolic OH excluding ortho intramolecular Hbond substituents is 1. The van der Waals surface area contributed by atoms with E-state index in [0.717, 1.165) is 5.69 Å². The molecule has 0 spiro atoms. The lowest BCUT2D eigenvalue weighted by molar-refractivity contribution is 0.136. The van der Waals surface area contributed by atoms with Crippen LogP contribution >= 0.6 is 0 Å². The van der Waals surface area contributed by atoms with Crippen molar-refractivity contribution in [2.75, 3.05) is 24.5 Å². The molecule has 0 aromatic heterocycles. The van der Waals surface area contributed by atoms with Gasteiger partial charge in [0.1, 0.15) is 5.75 Å². The highest BCUT2D eigenvalue weighted by atomic mass is 16.4. The number of aromatic hydroxyl groups is 1. The van der Waals surface area contributed by atoms with Gasteiger partial charge in [0.25, 0.3) is 0 Å². The van der Waals surface area contributed by atoms with Crippen LogP contribution in [0.4, 0.5) is 10.5 Å². The Morgan fingerprint density at radius 1 is 1.29 bits per heavy atom. The summed E-state index contributed by atoms with van der Waals surface area (Å²) in [6, 6.07) is 7.13. The summed E-state index contributed by atoms with van der Waals surface area (Å²) in [4.78, 5) is 14.4. The number of rotatable bonds is 1. The van der Waals surface area contributed by atoms with E-state index in [1.165, 1.54) is 4.90 Å². The summed E-state index contributed by atoms with van der Waals surface area (Å²) in [7, 11) is 0. The summed E-state index contributed by atoms with van der Waals surface area (Å²) in [6.45, 7) is 3.71. The highest BCUT2D eigenvalue weighted by Crippen LogP contribution is 2.22. The van der Waals surface area contributed by atoms with Gasteiger partial charge in [-0.1, -0.05) is 0 Å². The Bertz CT molecular complexity index is 405. The van der Waals surface area contributed by atoms with E-state index in [9.17, 15) is 9.90 Å². The number of hydrogen-bond donors (Lipinski definition) is 2. The van der Waals surface area contributed by atoms with E-state index in [0.29, 0.717) is 19.6 Å². The second kappa shape index (κ2) is 4.53. The minimum absolute atomic E-state index is 0.143. The molecular weight excluding hydrogens is 220 g/mol. The van der Waals surface area contributed by atoms with Gasteiger partial charge in [0.05, 0.1) is 0 Å². The summed E-state index contributed by atoms with van der Waals surface area (Å²) >= 11 is 0. The van der Waals surface area contributed by atoms with Gasteiger partial charge in [-0.3, -0.25) is 0 Å². The largest absolute Gasteiger partial charge is 0.508 e. The molecule has 5 heteroatoms. The zero-order valence-corrected chi connectivity index (χ0v) is 9.71. The van der Waals surface area contributed by atoms with E-state index < -0.39 is 6.09 Å². The van der Waals surface area contributed by atoms with Crippen LogP contribution in [0.2, 0.25) is 0 Å². The molecule has 0 radical (unpaired) electrons. The van der Waals surface area contributed by atoms with Crippen molar-refractivity contribution in [2.24, 2.45) is 0 Å². The van der Waals surface area contributed by atoms with Crippen molar-refractivity contribution >= 4 is 11.8 Å². The first-order chi connectivity index (χ1) is 8.08. The summed E-state index contributed by atoms with van der Waals surface area (Å²) in [5.41, 5.74) is 1.01. The number of benzene rings is 1. The molecule has 1 saturated heterocycles. The number of amides is 1. The first kappa shape index (κ1) is 11.6. The molecule has 17 heavy (non-hydrogen) atoms. The van der Waals surface area contributed by atoms with Crippen molar-refractivity contribution in [1.29, 1.82) is 0 Å². The molecule has 1 fully saturated rings. The van der Waals surface area contributed by atoms with E-state index in [4.69, 9.17) is 5.11 Å². The zero-order chi connectivity index (χ0) is 12.4. The Morgan fingerprint density at radius 2 is 1.94 bits per heavy atom. The lowest BCUT2D eigenvalue weighted by Crippen LogP contribution is -2.53. The number of piperazine rings is 1. The van der Waals surface area contributed by atoms with Crippen LogP contribution in [0.25, 0.3) is 0 Å². The second-order valence-electron chi connectivity index (χ2n) is 4.29. The minimum Gasteiger partial charge on any atom is -0.508 e. The Balaban J connectivity index is 2.09. The molecule has 1 amide bonds. The average Bonchev–Trinajstić information content (AvgIpc) is 2.30. The molecule has 1 heterocycles. The molecule has 2 N–H and O–H groups in total. The van der Waals surface area contributed by atoms with Crippen LogP contribution in [-0.2, 0) is 0 Å². The van der Waals surface area contributed by atoms with Crippen LogP contribution in [0.15, 0.2) is 24.3 Å². The monoisotopic (exact) mass is 236 g/mol. The highest BCUT2D eigenvalue weighted by Gasteiger charge is 2.26. The lowest BCUT2D eigenvalue weighted by atomic mass is 10.1. The van der Waals surface area contributed by atoms with Crippen LogP contribution in [0.5, 0.6) is 5.75 Å². The summed E-state index contributed by atoms with van der Waals surface area (Å²) in [6.07, 6.45) is -0.859. The van der Waals surface area contributed by atoms with Crippen molar-refractivity contribution in [1.82, 2.24) is 4.90 Å². The molecule has 1 aliphatic heterocycles. The Labute approximate surface area is 99.9 Å². The van der Waals surface area contributed by atoms with Gasteiger partial charge in [0.2, 0.25) is 0 Å². The zero-order valence-electron chi connectivity index (χ0n) is 9.71. The Kier molecular flexibility index (Phi) is 3.08. The molecule has 0 saturated carbocycles. The number of phenols is 1. The quantitative estimate of drug-likeness (QED) is 0.777. The molecule has 1 atom stereocenters.